The first-order valence-electron chi connectivity index (χ1n) is 4.87. The second-order valence-corrected chi connectivity index (χ2v) is 3.82. The summed E-state index contributed by atoms with van der Waals surface area (Å²) >= 11 is 4.66. The minimum atomic E-state index is -0.762. The van der Waals surface area contributed by atoms with Crippen molar-refractivity contribution in [1.29, 1.82) is 5.26 Å². The Kier molecular flexibility index (Phi) is 4.39. The van der Waals surface area contributed by atoms with Crippen LogP contribution in [-0.4, -0.2) is 22.1 Å². The molecular formula is C11H9N3O4S. The van der Waals surface area contributed by atoms with E-state index in [1.807, 2.05) is 0 Å². The minimum absolute atomic E-state index is 0.00274. The van der Waals surface area contributed by atoms with Crippen LogP contribution < -0.4 is 10.5 Å². The number of nitriles is 1. The summed E-state index contributed by atoms with van der Waals surface area (Å²) in [5, 5.41) is 29.2. The van der Waals surface area contributed by atoms with Crippen molar-refractivity contribution in [3.63, 3.8) is 0 Å². The zero-order valence-corrected chi connectivity index (χ0v) is 10.6. The molecule has 0 aliphatic carbocycles. The molecule has 0 radical (unpaired) electrons. The van der Waals surface area contributed by atoms with Gasteiger partial charge >= 0.3 is 5.69 Å². The van der Waals surface area contributed by atoms with Crippen LogP contribution >= 0.6 is 12.2 Å². The van der Waals surface area contributed by atoms with E-state index >= 15 is 0 Å². The third-order valence-corrected chi connectivity index (χ3v) is 2.41. The second kappa shape index (κ2) is 5.79. The Hall–Kier alpha value is -2.66. The normalized spacial score (nSPS) is 10.6. The summed E-state index contributed by atoms with van der Waals surface area (Å²) in [7, 11) is 1.26. The molecule has 3 N–H and O–H groups in total. The van der Waals surface area contributed by atoms with Gasteiger partial charge in [0.15, 0.2) is 5.75 Å². The van der Waals surface area contributed by atoms with Crippen molar-refractivity contribution in [3.8, 4) is 17.6 Å². The third-order valence-electron chi connectivity index (χ3n) is 2.19. The lowest BCUT2D eigenvalue weighted by Gasteiger charge is -2.05. The number of phenolic OH excluding ortho intramolecular Hbond substituents is 1. The maximum Gasteiger partial charge on any atom is 0.315 e. The number of thiocarbonyl (C=S) groups is 1. The van der Waals surface area contributed by atoms with Gasteiger partial charge in [0, 0.05) is 6.07 Å². The number of nitro benzene ring substituents is 1. The summed E-state index contributed by atoms with van der Waals surface area (Å²) in [6.07, 6.45) is 1.28. The van der Waals surface area contributed by atoms with E-state index in [2.05, 4.69) is 12.2 Å². The zero-order valence-electron chi connectivity index (χ0n) is 9.78. The van der Waals surface area contributed by atoms with Crippen molar-refractivity contribution < 1.29 is 14.8 Å². The molecule has 0 fully saturated rings. The Morgan fingerprint density at radius 3 is 2.74 bits per heavy atom. The van der Waals surface area contributed by atoms with Gasteiger partial charge in [-0.25, -0.2) is 0 Å². The van der Waals surface area contributed by atoms with Gasteiger partial charge in [0.25, 0.3) is 0 Å². The van der Waals surface area contributed by atoms with Crippen molar-refractivity contribution >= 4 is 29.0 Å². The topological polar surface area (TPSA) is 122 Å². The van der Waals surface area contributed by atoms with E-state index < -0.39 is 16.4 Å². The molecule has 19 heavy (non-hydrogen) atoms. The number of ether oxygens (including phenoxy) is 1. The molecule has 8 heteroatoms. The first kappa shape index (κ1) is 14.4. The van der Waals surface area contributed by atoms with Gasteiger partial charge in [-0.2, -0.15) is 5.26 Å². The van der Waals surface area contributed by atoms with Gasteiger partial charge in [0.05, 0.1) is 17.6 Å². The molecule has 7 nitrogen and oxygen atoms in total. The number of nitro groups is 1. The molecule has 0 amide bonds. The van der Waals surface area contributed by atoms with Gasteiger partial charge < -0.3 is 15.6 Å². The lowest BCUT2D eigenvalue weighted by molar-refractivity contribution is -0.386. The molecular weight excluding hydrogens is 270 g/mol. The lowest BCUT2D eigenvalue weighted by atomic mass is 10.1. The summed E-state index contributed by atoms with van der Waals surface area (Å²) in [5.74, 6) is -0.667. The fourth-order valence-corrected chi connectivity index (χ4v) is 1.42. The quantitative estimate of drug-likeness (QED) is 0.281. The molecule has 0 unspecified atom stereocenters. The van der Waals surface area contributed by atoms with Gasteiger partial charge in [-0.1, -0.05) is 12.2 Å². The molecule has 0 bridgehead atoms. The van der Waals surface area contributed by atoms with E-state index in [4.69, 9.17) is 15.7 Å². The van der Waals surface area contributed by atoms with Gasteiger partial charge in [-0.15, -0.1) is 0 Å². The maximum atomic E-state index is 10.8. The van der Waals surface area contributed by atoms with E-state index in [0.717, 1.165) is 6.07 Å². The van der Waals surface area contributed by atoms with Crippen molar-refractivity contribution in [2.45, 2.75) is 0 Å². The summed E-state index contributed by atoms with van der Waals surface area (Å²) in [6, 6.07) is 4.19. The molecule has 0 aliphatic heterocycles. The van der Waals surface area contributed by atoms with Crippen LogP contribution in [0.25, 0.3) is 6.08 Å². The van der Waals surface area contributed by atoms with Crippen LogP contribution in [0.3, 0.4) is 0 Å². The van der Waals surface area contributed by atoms with Crippen LogP contribution in [0.2, 0.25) is 0 Å². The fourth-order valence-electron chi connectivity index (χ4n) is 1.32. The lowest BCUT2D eigenvalue weighted by Crippen LogP contribution is -2.09. The molecule has 0 aliphatic rings. The highest BCUT2D eigenvalue weighted by atomic mass is 32.1. The molecule has 0 heterocycles. The highest BCUT2D eigenvalue weighted by Crippen LogP contribution is 2.37. The third kappa shape index (κ3) is 3.17. The number of benzene rings is 1. The van der Waals surface area contributed by atoms with Gasteiger partial charge in [0.2, 0.25) is 5.75 Å². The number of nitrogens with zero attached hydrogens (tertiary/aromatic N) is 2. The number of nitrogens with two attached hydrogens (primary N) is 1. The van der Waals surface area contributed by atoms with Crippen LogP contribution in [0.1, 0.15) is 5.56 Å². The van der Waals surface area contributed by atoms with Crippen LogP contribution in [0.4, 0.5) is 5.69 Å². The molecule has 0 atom stereocenters. The molecule has 98 valence electrons. The number of hydrogen-bond donors (Lipinski definition) is 2. The molecule has 1 rings (SSSR count). The highest BCUT2D eigenvalue weighted by Gasteiger charge is 2.19. The Balaban J connectivity index is 3.47. The van der Waals surface area contributed by atoms with E-state index in [1.165, 1.54) is 19.3 Å². The molecule has 0 spiro atoms. The molecule has 1 aromatic rings. The average Bonchev–Trinajstić information content (AvgIpc) is 2.36. The highest BCUT2D eigenvalue weighted by molar-refractivity contribution is 7.80. The fraction of sp³-hybridized carbons (Fsp3) is 0.0909. The van der Waals surface area contributed by atoms with E-state index in [1.54, 1.807) is 6.07 Å². The Bertz CT molecular complexity index is 619. The Morgan fingerprint density at radius 1 is 1.68 bits per heavy atom. The van der Waals surface area contributed by atoms with Crippen LogP contribution in [0.5, 0.6) is 11.5 Å². The predicted octanol–water partition coefficient (Wildman–Crippen LogP) is 1.50. The number of hydrogen-bond acceptors (Lipinski definition) is 6. The van der Waals surface area contributed by atoms with Crippen molar-refractivity contribution in [3.05, 3.63) is 33.4 Å². The number of phenols is 1. The van der Waals surface area contributed by atoms with Crippen LogP contribution in [0.15, 0.2) is 17.7 Å². The Labute approximate surface area is 113 Å². The molecule has 0 aromatic heterocycles. The first-order chi connectivity index (χ1) is 8.90. The summed E-state index contributed by atoms with van der Waals surface area (Å²) < 4.78 is 4.82. The monoisotopic (exact) mass is 279 g/mol. The molecule has 1 aromatic carbocycles. The number of aromatic hydroxyl groups is 1. The smallest absolute Gasteiger partial charge is 0.315 e. The second-order valence-electron chi connectivity index (χ2n) is 3.38. The van der Waals surface area contributed by atoms with Gasteiger partial charge in [-0.3, -0.25) is 10.1 Å². The maximum absolute atomic E-state index is 10.8. The first-order valence-corrected chi connectivity index (χ1v) is 5.28. The van der Waals surface area contributed by atoms with Gasteiger partial charge in [-0.05, 0) is 17.7 Å². The van der Waals surface area contributed by atoms with Crippen LogP contribution in [-0.2, 0) is 0 Å². The Morgan fingerprint density at radius 2 is 2.32 bits per heavy atom. The van der Waals surface area contributed by atoms with E-state index in [0.29, 0.717) is 0 Å². The summed E-state index contributed by atoms with van der Waals surface area (Å²) in [5.41, 5.74) is 5.05. The summed E-state index contributed by atoms with van der Waals surface area (Å²) in [4.78, 5) is 9.90. The van der Waals surface area contributed by atoms with Crippen molar-refractivity contribution in [2.24, 2.45) is 5.73 Å². The average molecular weight is 279 g/mol. The largest absolute Gasteiger partial charge is 0.500 e. The molecule has 0 saturated carbocycles. The van der Waals surface area contributed by atoms with E-state index in [-0.39, 0.29) is 21.9 Å². The zero-order chi connectivity index (χ0) is 14.6. The SMILES string of the molecule is COc1cc(/C=C(\C#N)C(N)=S)cc([N+](=O)[O-])c1O. The van der Waals surface area contributed by atoms with Crippen molar-refractivity contribution in [1.82, 2.24) is 0 Å². The number of methoxy groups -OCH3 is 1. The van der Waals surface area contributed by atoms with E-state index in [9.17, 15) is 15.2 Å². The van der Waals surface area contributed by atoms with Gasteiger partial charge in [0.1, 0.15) is 11.1 Å². The molecule has 0 saturated heterocycles. The van der Waals surface area contributed by atoms with Crippen molar-refractivity contribution in [2.75, 3.05) is 7.11 Å². The number of rotatable bonds is 4. The standard InChI is InChI=1S/C11H9N3O4S/c1-18-9-4-6(2-7(5-12)11(13)19)3-8(10(9)15)14(16)17/h2-4,15H,1H3,(H2,13,19)/b7-2+. The summed E-state index contributed by atoms with van der Waals surface area (Å²) in [6.45, 7) is 0. The minimum Gasteiger partial charge on any atom is -0.500 e. The van der Waals surface area contributed by atoms with Crippen LogP contribution in [0, 0.1) is 21.4 Å². The predicted molar refractivity (Wildman–Crippen MR) is 71.7 cm³/mol.